The second-order valence-electron chi connectivity index (χ2n) is 5.58. The highest BCUT2D eigenvalue weighted by Crippen LogP contribution is 2.19. The molecule has 0 saturated heterocycles. The summed E-state index contributed by atoms with van der Waals surface area (Å²) in [7, 11) is 0. The largest absolute Gasteiger partial charge is 0.484 e. The lowest BCUT2D eigenvalue weighted by atomic mass is 10.3. The number of aromatic nitrogens is 2. The molecule has 2 amide bonds. The van der Waals surface area contributed by atoms with Gasteiger partial charge in [0.05, 0.1) is 0 Å². The van der Waals surface area contributed by atoms with Crippen LogP contribution < -0.4 is 20.1 Å². The van der Waals surface area contributed by atoms with Gasteiger partial charge in [-0.3, -0.25) is 9.59 Å². The summed E-state index contributed by atoms with van der Waals surface area (Å²) in [5.74, 6) is 1.12. The van der Waals surface area contributed by atoms with Crippen LogP contribution in [0.5, 0.6) is 11.5 Å². The van der Waals surface area contributed by atoms with Gasteiger partial charge in [0.2, 0.25) is 0 Å². The monoisotopic (exact) mass is 378 g/mol. The first-order chi connectivity index (χ1) is 13.7. The molecule has 0 saturated carbocycles. The number of pyridine rings is 2. The van der Waals surface area contributed by atoms with E-state index < -0.39 is 0 Å². The topological polar surface area (TPSA) is 102 Å². The maximum absolute atomic E-state index is 11.9. The molecule has 0 bridgehead atoms. The Morgan fingerprint density at radius 3 is 1.64 bits per heavy atom. The third-order valence-electron chi connectivity index (χ3n) is 3.41. The van der Waals surface area contributed by atoms with E-state index in [4.69, 9.17) is 9.47 Å². The van der Waals surface area contributed by atoms with Crippen molar-refractivity contribution in [2.24, 2.45) is 0 Å². The van der Waals surface area contributed by atoms with E-state index in [9.17, 15) is 9.59 Å². The van der Waals surface area contributed by atoms with Gasteiger partial charge in [0, 0.05) is 18.5 Å². The SMILES string of the molecule is O=C(COc1cccc(OCC(=O)Nc2ccccn2)c1)Nc1ccccn1. The first-order valence-corrected chi connectivity index (χ1v) is 8.46. The fourth-order valence-electron chi connectivity index (χ4n) is 2.18. The molecule has 8 heteroatoms. The first-order valence-electron chi connectivity index (χ1n) is 8.46. The number of benzene rings is 1. The van der Waals surface area contributed by atoms with Crippen molar-refractivity contribution in [1.82, 2.24) is 9.97 Å². The van der Waals surface area contributed by atoms with Gasteiger partial charge in [0.25, 0.3) is 11.8 Å². The fourth-order valence-corrected chi connectivity index (χ4v) is 2.18. The van der Waals surface area contributed by atoms with Crippen molar-refractivity contribution in [3.05, 3.63) is 73.1 Å². The third-order valence-corrected chi connectivity index (χ3v) is 3.41. The fraction of sp³-hybridized carbons (Fsp3) is 0.100. The van der Waals surface area contributed by atoms with E-state index in [1.54, 1.807) is 73.1 Å². The molecule has 2 aromatic heterocycles. The Labute approximate surface area is 161 Å². The average Bonchev–Trinajstić information content (AvgIpc) is 2.73. The second kappa shape index (κ2) is 9.67. The van der Waals surface area contributed by atoms with Gasteiger partial charge in [-0.2, -0.15) is 0 Å². The predicted octanol–water partition coefficient (Wildman–Crippen LogP) is 2.51. The van der Waals surface area contributed by atoms with Crippen LogP contribution in [0.1, 0.15) is 0 Å². The highest BCUT2D eigenvalue weighted by Gasteiger charge is 2.07. The van der Waals surface area contributed by atoms with Crippen molar-refractivity contribution in [3.63, 3.8) is 0 Å². The molecular formula is C20H18N4O4. The van der Waals surface area contributed by atoms with E-state index >= 15 is 0 Å². The smallest absolute Gasteiger partial charge is 0.263 e. The zero-order valence-corrected chi connectivity index (χ0v) is 14.9. The first kappa shape index (κ1) is 18.8. The Bertz CT molecular complexity index is 847. The maximum Gasteiger partial charge on any atom is 0.263 e. The number of carbonyl (C=O) groups excluding carboxylic acids is 2. The molecule has 3 rings (SSSR count). The lowest BCUT2D eigenvalue weighted by Gasteiger charge is -2.10. The molecule has 28 heavy (non-hydrogen) atoms. The molecule has 0 radical (unpaired) electrons. The van der Waals surface area contributed by atoms with Crippen molar-refractivity contribution in [2.75, 3.05) is 23.8 Å². The number of nitrogens with one attached hydrogen (secondary N) is 2. The molecule has 1 aromatic carbocycles. The molecule has 2 heterocycles. The molecule has 8 nitrogen and oxygen atoms in total. The summed E-state index contributed by atoms with van der Waals surface area (Å²) in [4.78, 5) is 31.8. The summed E-state index contributed by atoms with van der Waals surface area (Å²) in [6.45, 7) is -0.361. The Balaban J connectivity index is 1.45. The van der Waals surface area contributed by atoms with Gasteiger partial charge in [-0.1, -0.05) is 18.2 Å². The molecule has 0 fully saturated rings. The Kier molecular flexibility index (Phi) is 6.51. The van der Waals surface area contributed by atoms with E-state index in [1.165, 1.54) is 0 Å². The van der Waals surface area contributed by atoms with Crippen molar-refractivity contribution in [3.8, 4) is 11.5 Å². The highest BCUT2D eigenvalue weighted by atomic mass is 16.5. The van der Waals surface area contributed by atoms with Crippen LogP contribution in [0.4, 0.5) is 11.6 Å². The minimum Gasteiger partial charge on any atom is -0.484 e. The number of carbonyl (C=O) groups is 2. The van der Waals surface area contributed by atoms with Crippen LogP contribution in [0.2, 0.25) is 0 Å². The number of nitrogens with zero attached hydrogens (tertiary/aromatic N) is 2. The summed E-state index contributed by atoms with van der Waals surface area (Å²) in [5, 5.41) is 5.25. The van der Waals surface area contributed by atoms with Gasteiger partial charge in [-0.15, -0.1) is 0 Å². The predicted molar refractivity (Wildman–Crippen MR) is 103 cm³/mol. The van der Waals surface area contributed by atoms with Crippen LogP contribution in [0.15, 0.2) is 73.1 Å². The van der Waals surface area contributed by atoms with Crippen molar-refractivity contribution in [1.29, 1.82) is 0 Å². The highest BCUT2D eigenvalue weighted by molar-refractivity contribution is 5.91. The lowest BCUT2D eigenvalue weighted by Crippen LogP contribution is -2.21. The minimum absolute atomic E-state index is 0.180. The average molecular weight is 378 g/mol. The quantitative estimate of drug-likeness (QED) is 0.624. The Morgan fingerprint density at radius 1 is 0.714 bits per heavy atom. The standard InChI is InChI=1S/C20H18N4O4/c25-19(23-17-8-1-3-10-21-17)13-27-15-6-5-7-16(12-15)28-14-20(26)24-18-9-2-4-11-22-18/h1-12H,13-14H2,(H,21,23,25)(H,22,24,26). The number of rotatable bonds is 8. The van der Waals surface area contributed by atoms with Gasteiger partial charge < -0.3 is 20.1 Å². The molecule has 0 aliphatic carbocycles. The molecule has 0 atom stereocenters. The van der Waals surface area contributed by atoms with Crippen molar-refractivity contribution in [2.45, 2.75) is 0 Å². The number of anilines is 2. The Morgan fingerprint density at radius 2 is 1.21 bits per heavy atom. The molecular weight excluding hydrogens is 360 g/mol. The summed E-state index contributed by atoms with van der Waals surface area (Å²) in [5.41, 5.74) is 0. The van der Waals surface area contributed by atoms with Crippen LogP contribution in [0.25, 0.3) is 0 Å². The minimum atomic E-state index is -0.334. The van der Waals surface area contributed by atoms with Gasteiger partial charge >= 0.3 is 0 Å². The molecule has 0 aliphatic heterocycles. The van der Waals surface area contributed by atoms with E-state index in [1.807, 2.05) is 0 Å². The van der Waals surface area contributed by atoms with Crippen LogP contribution in [0.3, 0.4) is 0 Å². The number of amides is 2. The van der Waals surface area contributed by atoms with E-state index in [-0.39, 0.29) is 25.0 Å². The molecule has 0 unspecified atom stereocenters. The molecule has 3 aromatic rings. The van der Waals surface area contributed by atoms with Crippen LogP contribution in [-0.2, 0) is 9.59 Å². The molecule has 2 N–H and O–H groups in total. The number of ether oxygens (including phenoxy) is 2. The number of hydrogen-bond donors (Lipinski definition) is 2. The molecule has 0 aliphatic rings. The summed E-state index contributed by atoms with van der Waals surface area (Å²) in [6.07, 6.45) is 3.17. The summed E-state index contributed by atoms with van der Waals surface area (Å²) < 4.78 is 10.9. The van der Waals surface area contributed by atoms with Crippen LogP contribution >= 0.6 is 0 Å². The number of hydrogen-bond acceptors (Lipinski definition) is 6. The maximum atomic E-state index is 11.9. The van der Waals surface area contributed by atoms with E-state index in [0.717, 1.165) is 0 Å². The van der Waals surface area contributed by atoms with Crippen LogP contribution in [0, 0.1) is 0 Å². The summed E-state index contributed by atoms with van der Waals surface area (Å²) >= 11 is 0. The second-order valence-corrected chi connectivity index (χ2v) is 5.58. The molecule has 0 spiro atoms. The molecule has 142 valence electrons. The van der Waals surface area contributed by atoms with Crippen molar-refractivity contribution < 1.29 is 19.1 Å². The third kappa shape index (κ3) is 6.10. The van der Waals surface area contributed by atoms with E-state index in [0.29, 0.717) is 23.1 Å². The van der Waals surface area contributed by atoms with Crippen molar-refractivity contribution >= 4 is 23.5 Å². The zero-order chi connectivity index (χ0) is 19.6. The normalized spacial score (nSPS) is 10.0. The Hall–Kier alpha value is -3.94. The van der Waals surface area contributed by atoms with Gasteiger partial charge in [0.1, 0.15) is 23.1 Å². The van der Waals surface area contributed by atoms with Gasteiger partial charge in [-0.25, -0.2) is 9.97 Å². The lowest BCUT2D eigenvalue weighted by molar-refractivity contribution is -0.118. The van der Waals surface area contributed by atoms with Crippen LogP contribution in [-0.4, -0.2) is 35.0 Å². The zero-order valence-electron chi connectivity index (χ0n) is 14.9. The van der Waals surface area contributed by atoms with E-state index in [2.05, 4.69) is 20.6 Å². The van der Waals surface area contributed by atoms with Gasteiger partial charge in [-0.05, 0) is 36.4 Å². The summed E-state index contributed by atoms with van der Waals surface area (Å²) in [6, 6.07) is 17.1. The van der Waals surface area contributed by atoms with Gasteiger partial charge in [0.15, 0.2) is 13.2 Å².